The summed E-state index contributed by atoms with van der Waals surface area (Å²) in [6.45, 7) is 21.1. The summed E-state index contributed by atoms with van der Waals surface area (Å²) in [6.07, 6.45) is 2.35. The minimum atomic E-state index is -3.10. The Hall–Kier alpha value is 0.128. The number of isocyanates is 1. The first-order valence-electron chi connectivity index (χ1n) is 7.81. The monoisotopic (exact) mass is 379 g/mol. The van der Waals surface area contributed by atoms with E-state index in [-0.39, 0.29) is 5.67 Å². The van der Waals surface area contributed by atoms with E-state index >= 15 is 0 Å². The van der Waals surface area contributed by atoms with Gasteiger partial charge in [0.1, 0.15) is 5.67 Å². The highest BCUT2D eigenvalue weighted by Crippen LogP contribution is 2.30. The predicted molar refractivity (Wildman–Crippen MR) is 101 cm³/mol. The largest absolute Gasteiger partial charge is 0.496 e. The molecular weight excluding hydrogens is 346 g/mol. The Labute approximate surface area is 140 Å². The lowest BCUT2D eigenvalue weighted by Gasteiger charge is -2.44. The van der Waals surface area contributed by atoms with Crippen molar-refractivity contribution in [3.8, 4) is 0 Å². The lowest BCUT2D eigenvalue weighted by Crippen LogP contribution is -2.66. The Morgan fingerprint density at radius 1 is 0.818 bits per heavy atom. The summed E-state index contributed by atoms with van der Waals surface area (Å²) in [5, 5.41) is 0. The minimum Gasteiger partial charge on any atom is -0.416 e. The maximum absolute atomic E-state index is 10.9. The van der Waals surface area contributed by atoms with Crippen molar-refractivity contribution in [2.24, 2.45) is 4.99 Å². The molecule has 0 aliphatic rings. The van der Waals surface area contributed by atoms with Crippen LogP contribution in [-0.2, 0) is 17.1 Å². The molecule has 0 saturated heterocycles. The highest BCUT2D eigenvalue weighted by atomic mass is 28.5. The molecule has 0 aromatic carbocycles. The van der Waals surface area contributed by atoms with Gasteiger partial charge >= 0.3 is 8.80 Å². The summed E-state index contributed by atoms with van der Waals surface area (Å²) in [4.78, 5) is 14.9. The summed E-state index contributed by atoms with van der Waals surface area (Å²) in [5.41, 5.74) is -0.366. The average Bonchev–Trinajstić information content (AvgIpc) is 2.17. The van der Waals surface area contributed by atoms with Gasteiger partial charge in [-0.15, -0.1) is 0 Å². The summed E-state index contributed by atoms with van der Waals surface area (Å²) < 4.78 is 19.5. The van der Waals surface area contributed by atoms with Gasteiger partial charge in [0, 0.05) is 0 Å². The highest BCUT2D eigenvalue weighted by Gasteiger charge is 2.55. The number of hydrogen-bond acceptors (Lipinski definition) is 5. The van der Waals surface area contributed by atoms with Crippen LogP contribution in [0.4, 0.5) is 0 Å². The lowest BCUT2D eigenvalue weighted by atomic mass is 10.5. The Balaban J connectivity index is 6.04. The van der Waals surface area contributed by atoms with Crippen LogP contribution in [0.2, 0.25) is 58.9 Å². The summed E-state index contributed by atoms with van der Waals surface area (Å²) in [6, 6.07) is 0. The van der Waals surface area contributed by atoms with Crippen molar-refractivity contribution in [1.29, 1.82) is 0 Å². The van der Waals surface area contributed by atoms with Gasteiger partial charge in [0.05, 0.1) is 0 Å². The molecule has 22 heavy (non-hydrogen) atoms. The standard InChI is InChI=1S/C13H33NO4Si4/c1-11-13(14-12-15)22(16-19(2,3)4,17-20(5,6)7)18-21(8,9)10/h13H,11H2,1-10H3. The van der Waals surface area contributed by atoms with Crippen molar-refractivity contribution in [2.45, 2.75) is 77.9 Å². The van der Waals surface area contributed by atoms with Gasteiger partial charge in [-0.05, 0) is 65.3 Å². The molecule has 5 nitrogen and oxygen atoms in total. The Bertz CT molecular complexity index is 365. The first-order valence-corrected chi connectivity index (χ1v) is 19.8. The van der Waals surface area contributed by atoms with Gasteiger partial charge < -0.3 is 12.3 Å². The van der Waals surface area contributed by atoms with E-state index in [1.165, 1.54) is 0 Å². The van der Waals surface area contributed by atoms with Crippen molar-refractivity contribution < 1.29 is 17.1 Å². The van der Waals surface area contributed by atoms with E-state index < -0.39 is 33.8 Å². The first-order chi connectivity index (χ1) is 9.64. The molecule has 0 saturated carbocycles. The van der Waals surface area contributed by atoms with Crippen molar-refractivity contribution in [2.75, 3.05) is 0 Å². The van der Waals surface area contributed by atoms with Crippen LogP contribution < -0.4 is 0 Å². The second-order valence-corrected chi connectivity index (χ2v) is 25.4. The summed E-state index contributed by atoms with van der Waals surface area (Å²) >= 11 is 0. The van der Waals surface area contributed by atoms with E-state index in [2.05, 4.69) is 63.9 Å². The zero-order chi connectivity index (χ0) is 17.8. The zero-order valence-electron chi connectivity index (χ0n) is 15.9. The molecule has 0 fully saturated rings. The second-order valence-electron chi connectivity index (χ2n) is 8.39. The third-order valence-corrected chi connectivity index (χ3v) is 14.5. The fourth-order valence-electron chi connectivity index (χ4n) is 2.03. The van der Waals surface area contributed by atoms with Crippen molar-refractivity contribution in [3.63, 3.8) is 0 Å². The molecule has 130 valence electrons. The fraction of sp³-hybridized carbons (Fsp3) is 0.923. The Kier molecular flexibility index (Phi) is 7.84. The number of nitrogens with zero attached hydrogens (tertiary/aromatic N) is 1. The second kappa shape index (κ2) is 7.80. The van der Waals surface area contributed by atoms with Gasteiger partial charge in [-0.25, -0.2) is 4.79 Å². The molecule has 0 aromatic rings. The molecule has 0 amide bonds. The van der Waals surface area contributed by atoms with E-state index in [1.807, 2.05) is 6.92 Å². The van der Waals surface area contributed by atoms with Crippen LogP contribution in [0.1, 0.15) is 13.3 Å². The molecule has 0 aliphatic heterocycles. The SMILES string of the molecule is CCC(N=C=O)[Si](O[Si](C)(C)C)(O[Si](C)(C)C)O[Si](C)(C)C. The molecule has 9 heteroatoms. The molecule has 1 unspecified atom stereocenters. The molecule has 0 heterocycles. The molecule has 0 radical (unpaired) electrons. The van der Waals surface area contributed by atoms with Gasteiger partial charge in [0.15, 0.2) is 25.0 Å². The van der Waals surface area contributed by atoms with E-state index in [1.54, 1.807) is 6.08 Å². The van der Waals surface area contributed by atoms with Gasteiger partial charge in [-0.1, -0.05) is 6.92 Å². The summed E-state index contributed by atoms with van der Waals surface area (Å²) in [5.74, 6) is 0. The van der Waals surface area contributed by atoms with E-state index in [0.717, 1.165) is 0 Å². The zero-order valence-corrected chi connectivity index (χ0v) is 19.9. The molecule has 1 atom stereocenters. The molecule has 0 bridgehead atoms. The first kappa shape index (κ1) is 22.1. The third kappa shape index (κ3) is 8.68. The van der Waals surface area contributed by atoms with Crippen molar-refractivity contribution >= 4 is 39.8 Å². The molecular formula is C13H33NO4Si4. The smallest absolute Gasteiger partial charge is 0.416 e. The molecule has 0 aliphatic carbocycles. The van der Waals surface area contributed by atoms with Crippen LogP contribution in [0, 0.1) is 0 Å². The molecule has 0 N–H and O–H groups in total. The van der Waals surface area contributed by atoms with Gasteiger partial charge in [0.25, 0.3) is 0 Å². The van der Waals surface area contributed by atoms with Crippen LogP contribution >= 0.6 is 0 Å². The van der Waals surface area contributed by atoms with Crippen molar-refractivity contribution in [1.82, 2.24) is 0 Å². The van der Waals surface area contributed by atoms with Gasteiger partial charge in [-0.2, -0.15) is 4.99 Å². The molecule has 0 spiro atoms. The van der Waals surface area contributed by atoms with Crippen LogP contribution in [0.5, 0.6) is 0 Å². The third-order valence-electron chi connectivity index (χ3n) is 2.35. The van der Waals surface area contributed by atoms with Crippen LogP contribution in [0.25, 0.3) is 0 Å². The maximum Gasteiger partial charge on any atom is 0.496 e. The van der Waals surface area contributed by atoms with Gasteiger partial charge in [-0.3, -0.25) is 0 Å². The molecule has 0 aromatic heterocycles. The quantitative estimate of drug-likeness (QED) is 0.343. The van der Waals surface area contributed by atoms with E-state index in [0.29, 0.717) is 6.42 Å². The number of rotatable bonds is 9. The van der Waals surface area contributed by atoms with Crippen LogP contribution in [0.3, 0.4) is 0 Å². The number of hydrogen-bond donors (Lipinski definition) is 0. The topological polar surface area (TPSA) is 57.1 Å². The number of carbonyl (C=O) groups excluding carboxylic acids is 1. The predicted octanol–water partition coefficient (Wildman–Crippen LogP) is 4.13. The Morgan fingerprint density at radius 3 is 1.32 bits per heavy atom. The lowest BCUT2D eigenvalue weighted by molar-refractivity contribution is 0.235. The van der Waals surface area contributed by atoms with Crippen molar-refractivity contribution in [3.05, 3.63) is 0 Å². The normalized spacial score (nSPS) is 15.4. The Morgan fingerprint density at radius 2 is 1.14 bits per heavy atom. The fourth-order valence-corrected chi connectivity index (χ4v) is 16.2. The number of aliphatic imine (C=N–C) groups is 1. The van der Waals surface area contributed by atoms with Crippen LogP contribution in [0.15, 0.2) is 4.99 Å². The van der Waals surface area contributed by atoms with E-state index in [9.17, 15) is 4.79 Å². The average molecular weight is 380 g/mol. The summed E-state index contributed by atoms with van der Waals surface area (Å²) in [7, 11) is -8.90. The maximum atomic E-state index is 10.9. The molecule has 0 rings (SSSR count). The minimum absolute atomic E-state index is 0.366. The van der Waals surface area contributed by atoms with E-state index in [4.69, 9.17) is 12.3 Å². The highest BCUT2D eigenvalue weighted by molar-refractivity contribution is 6.90. The van der Waals surface area contributed by atoms with Gasteiger partial charge in [0.2, 0.25) is 6.08 Å². The van der Waals surface area contributed by atoms with Crippen LogP contribution in [-0.4, -0.2) is 45.5 Å².